The van der Waals surface area contributed by atoms with Gasteiger partial charge in [-0.2, -0.15) is 0 Å². The van der Waals surface area contributed by atoms with Crippen LogP contribution in [0.2, 0.25) is 0 Å². The van der Waals surface area contributed by atoms with Crippen LogP contribution in [0.4, 0.5) is 9.93 Å². The lowest BCUT2D eigenvalue weighted by molar-refractivity contribution is -0.142. The van der Waals surface area contributed by atoms with Crippen molar-refractivity contribution in [2.45, 2.75) is 12.0 Å². The molecule has 0 spiro atoms. The van der Waals surface area contributed by atoms with Crippen LogP contribution in [0.5, 0.6) is 0 Å². The van der Waals surface area contributed by atoms with Crippen molar-refractivity contribution in [1.82, 2.24) is 15.6 Å². The molecule has 35 heavy (non-hydrogen) atoms. The second-order valence-corrected chi connectivity index (χ2v) is 8.99. The van der Waals surface area contributed by atoms with E-state index in [1.807, 2.05) is 48.5 Å². The molecule has 1 aliphatic heterocycles. The van der Waals surface area contributed by atoms with E-state index in [9.17, 15) is 24.3 Å². The lowest BCUT2D eigenvalue weighted by atomic mass is 9.98. The average molecular weight is 493 g/mol. The standard InChI is InChI=1S/C24H20N4O6S/c29-20(27-19-16(22(31)32)9-25-21(19)30)18-11-35-23(26-18)28-24(33)34-10-17-14-7-3-1-5-12(14)13-6-2-4-8-15(13)17/h1-8,11,16-17,19H,9-10H2,(H,25,30)(H,27,29)(H,31,32)(H,26,28,33). The first-order chi connectivity index (χ1) is 16.9. The average Bonchev–Trinajstić information content (AvgIpc) is 3.54. The molecule has 1 aliphatic carbocycles. The van der Waals surface area contributed by atoms with E-state index < -0.39 is 35.8 Å². The lowest BCUT2D eigenvalue weighted by Gasteiger charge is -2.14. The number of nitrogens with one attached hydrogen (secondary N) is 3. The van der Waals surface area contributed by atoms with Crippen LogP contribution in [-0.4, -0.2) is 53.2 Å². The molecule has 0 bridgehead atoms. The minimum absolute atomic E-state index is 0.0483. The van der Waals surface area contributed by atoms with Crippen LogP contribution in [0.25, 0.3) is 11.1 Å². The van der Waals surface area contributed by atoms with Crippen molar-refractivity contribution < 1.29 is 29.0 Å². The maximum atomic E-state index is 12.5. The number of carboxylic acids is 1. The maximum absolute atomic E-state index is 12.5. The van der Waals surface area contributed by atoms with Crippen LogP contribution in [0.15, 0.2) is 53.9 Å². The number of fused-ring (bicyclic) bond motifs is 3. The fraction of sp³-hybridized carbons (Fsp3) is 0.208. The number of carbonyl (C=O) groups excluding carboxylic acids is 3. The molecule has 2 aliphatic rings. The zero-order valence-corrected chi connectivity index (χ0v) is 19.0. The van der Waals surface area contributed by atoms with Gasteiger partial charge in [0.1, 0.15) is 24.3 Å². The first kappa shape index (κ1) is 22.5. The van der Waals surface area contributed by atoms with Crippen LogP contribution >= 0.6 is 11.3 Å². The fourth-order valence-electron chi connectivity index (χ4n) is 4.39. The van der Waals surface area contributed by atoms with Crippen LogP contribution in [0.1, 0.15) is 27.5 Å². The van der Waals surface area contributed by atoms with E-state index in [-0.39, 0.29) is 29.9 Å². The van der Waals surface area contributed by atoms with E-state index in [1.165, 1.54) is 5.38 Å². The van der Waals surface area contributed by atoms with Crippen molar-refractivity contribution >= 4 is 40.3 Å². The zero-order valence-electron chi connectivity index (χ0n) is 18.2. The van der Waals surface area contributed by atoms with Gasteiger partial charge in [0.25, 0.3) is 5.91 Å². The third kappa shape index (κ3) is 4.33. The third-order valence-corrected chi connectivity index (χ3v) is 6.83. The third-order valence-electron chi connectivity index (χ3n) is 6.07. The monoisotopic (exact) mass is 492 g/mol. The molecular weight excluding hydrogens is 472 g/mol. The number of anilines is 1. The number of rotatable bonds is 6. The Kier molecular flexibility index (Phi) is 5.91. The predicted molar refractivity (Wildman–Crippen MR) is 126 cm³/mol. The molecule has 2 atom stereocenters. The Bertz CT molecular complexity index is 1290. The highest BCUT2D eigenvalue weighted by Gasteiger charge is 2.40. The summed E-state index contributed by atoms with van der Waals surface area (Å²) < 4.78 is 5.47. The Balaban J connectivity index is 1.20. The van der Waals surface area contributed by atoms with Gasteiger partial charge in [-0.25, -0.2) is 9.78 Å². The van der Waals surface area contributed by atoms with Gasteiger partial charge in [0.05, 0.1) is 0 Å². The van der Waals surface area contributed by atoms with Gasteiger partial charge < -0.3 is 20.5 Å². The fourth-order valence-corrected chi connectivity index (χ4v) is 5.07. The second-order valence-electron chi connectivity index (χ2n) is 8.13. The summed E-state index contributed by atoms with van der Waals surface area (Å²) in [6.45, 7) is 0.0662. The van der Waals surface area contributed by atoms with Crippen molar-refractivity contribution in [3.8, 4) is 11.1 Å². The predicted octanol–water partition coefficient (Wildman–Crippen LogP) is 2.43. The summed E-state index contributed by atoms with van der Waals surface area (Å²) >= 11 is 1.01. The summed E-state index contributed by atoms with van der Waals surface area (Å²) in [7, 11) is 0. The van der Waals surface area contributed by atoms with Crippen LogP contribution in [0.3, 0.4) is 0 Å². The van der Waals surface area contributed by atoms with Gasteiger partial charge in [-0.15, -0.1) is 11.3 Å². The molecule has 1 fully saturated rings. The zero-order chi connectivity index (χ0) is 24.5. The first-order valence-electron chi connectivity index (χ1n) is 10.8. The summed E-state index contributed by atoms with van der Waals surface area (Å²) in [5.41, 5.74) is 4.37. The topological polar surface area (TPSA) is 147 Å². The number of amides is 3. The highest BCUT2D eigenvalue weighted by Crippen LogP contribution is 2.44. The molecule has 5 rings (SSSR count). The Morgan fingerprint density at radius 1 is 1.09 bits per heavy atom. The summed E-state index contributed by atoms with van der Waals surface area (Å²) in [6, 6.07) is 14.8. The van der Waals surface area contributed by atoms with E-state index >= 15 is 0 Å². The Labute approximate surface area is 203 Å². The number of nitrogens with zero attached hydrogens (tertiary/aromatic N) is 1. The second kappa shape index (κ2) is 9.18. The molecule has 3 amide bonds. The summed E-state index contributed by atoms with van der Waals surface area (Å²) in [5, 5.41) is 18.1. The number of hydrogen-bond donors (Lipinski definition) is 4. The largest absolute Gasteiger partial charge is 0.481 e. The van der Waals surface area contributed by atoms with Crippen LogP contribution < -0.4 is 16.0 Å². The smallest absolute Gasteiger partial charge is 0.413 e. The van der Waals surface area contributed by atoms with Gasteiger partial charge in [-0.3, -0.25) is 19.7 Å². The minimum Gasteiger partial charge on any atom is -0.481 e. The molecule has 178 valence electrons. The van der Waals surface area contributed by atoms with Crippen molar-refractivity contribution in [2.75, 3.05) is 18.5 Å². The number of aliphatic carboxylic acids is 1. The van der Waals surface area contributed by atoms with Gasteiger partial charge in [0.2, 0.25) is 5.91 Å². The van der Waals surface area contributed by atoms with E-state index in [0.29, 0.717) is 0 Å². The highest BCUT2D eigenvalue weighted by atomic mass is 32.1. The van der Waals surface area contributed by atoms with Crippen molar-refractivity contribution in [1.29, 1.82) is 0 Å². The van der Waals surface area contributed by atoms with E-state index in [4.69, 9.17) is 4.74 Å². The van der Waals surface area contributed by atoms with E-state index in [2.05, 4.69) is 20.9 Å². The number of ether oxygens (including phenoxy) is 1. The molecular formula is C24H20N4O6S. The van der Waals surface area contributed by atoms with Gasteiger partial charge in [0.15, 0.2) is 5.13 Å². The number of carbonyl (C=O) groups is 4. The van der Waals surface area contributed by atoms with Gasteiger partial charge in [-0.1, -0.05) is 48.5 Å². The van der Waals surface area contributed by atoms with Gasteiger partial charge >= 0.3 is 12.1 Å². The molecule has 3 aromatic rings. The molecule has 4 N–H and O–H groups in total. The summed E-state index contributed by atoms with van der Waals surface area (Å²) in [5.74, 6) is -3.63. The molecule has 11 heteroatoms. The Morgan fingerprint density at radius 2 is 1.74 bits per heavy atom. The van der Waals surface area contributed by atoms with E-state index in [0.717, 1.165) is 33.6 Å². The first-order valence-corrected chi connectivity index (χ1v) is 11.7. The molecule has 10 nitrogen and oxygen atoms in total. The number of hydrogen-bond acceptors (Lipinski definition) is 7. The normalized spacial score (nSPS) is 18.3. The van der Waals surface area contributed by atoms with E-state index in [1.54, 1.807) is 0 Å². The van der Waals surface area contributed by atoms with Crippen LogP contribution in [0, 0.1) is 5.92 Å². The minimum atomic E-state index is -1.19. The summed E-state index contributed by atoms with van der Waals surface area (Å²) in [6.07, 6.45) is -0.714. The number of aromatic nitrogens is 1. The van der Waals surface area contributed by atoms with Crippen LogP contribution in [-0.2, 0) is 14.3 Å². The van der Waals surface area contributed by atoms with Gasteiger partial charge in [-0.05, 0) is 22.3 Å². The van der Waals surface area contributed by atoms with Crippen molar-refractivity contribution in [3.05, 3.63) is 70.7 Å². The number of thiazole rings is 1. The van der Waals surface area contributed by atoms with Gasteiger partial charge in [0, 0.05) is 17.8 Å². The van der Waals surface area contributed by atoms with Crippen molar-refractivity contribution in [2.24, 2.45) is 5.92 Å². The lowest BCUT2D eigenvalue weighted by Crippen LogP contribution is -2.45. The molecule has 2 unspecified atom stereocenters. The Hall–Kier alpha value is -4.25. The summed E-state index contributed by atoms with van der Waals surface area (Å²) in [4.78, 5) is 52.1. The molecule has 0 radical (unpaired) electrons. The molecule has 2 heterocycles. The highest BCUT2D eigenvalue weighted by molar-refractivity contribution is 7.14. The molecule has 1 aromatic heterocycles. The van der Waals surface area contributed by atoms with Crippen molar-refractivity contribution in [3.63, 3.8) is 0 Å². The maximum Gasteiger partial charge on any atom is 0.413 e. The SMILES string of the molecule is O=C(Nc1nc(C(=O)NC2C(=O)NCC2C(=O)O)cs1)OCC1c2ccccc2-c2ccccc21. The number of benzene rings is 2. The molecule has 2 aromatic carbocycles. The quantitative estimate of drug-likeness (QED) is 0.413. The number of carboxylic acid groups (broad SMARTS) is 1. The Morgan fingerprint density at radius 3 is 2.40 bits per heavy atom. The molecule has 0 saturated carbocycles. The molecule has 1 saturated heterocycles.